The van der Waals surface area contributed by atoms with Crippen LogP contribution in [0.3, 0.4) is 0 Å². The summed E-state index contributed by atoms with van der Waals surface area (Å²) in [4.78, 5) is 30.4. The van der Waals surface area contributed by atoms with Crippen molar-refractivity contribution in [1.82, 2.24) is 14.1 Å². The minimum atomic E-state index is -0.427. The summed E-state index contributed by atoms with van der Waals surface area (Å²) in [6, 6.07) is -0.0175. The van der Waals surface area contributed by atoms with Crippen molar-refractivity contribution < 1.29 is 0 Å². The zero-order valence-electron chi connectivity index (χ0n) is 13.0. The van der Waals surface area contributed by atoms with E-state index < -0.39 is 5.69 Å². The fourth-order valence-electron chi connectivity index (χ4n) is 3.01. The highest BCUT2D eigenvalue weighted by atomic mass is 16.2. The van der Waals surface area contributed by atoms with Crippen LogP contribution in [0.25, 0.3) is 0 Å². The topological polar surface area (TPSA) is 60.1 Å². The number of rotatable bonds is 2. The molecule has 3 atom stereocenters. The van der Waals surface area contributed by atoms with Crippen molar-refractivity contribution >= 4 is 5.95 Å². The van der Waals surface area contributed by atoms with Gasteiger partial charge in [-0.2, -0.15) is 4.98 Å². The maximum atomic E-state index is 12.5. The SMILES string of the molecule is CC1CCC(n2c(=O)nc(N(C)C)n(C)c2=O)CC1C. The Morgan fingerprint density at radius 2 is 1.80 bits per heavy atom. The molecule has 0 saturated heterocycles. The Morgan fingerprint density at radius 1 is 1.15 bits per heavy atom. The maximum absolute atomic E-state index is 12.5. The summed E-state index contributed by atoms with van der Waals surface area (Å²) in [7, 11) is 5.21. The molecule has 1 heterocycles. The van der Waals surface area contributed by atoms with Crippen LogP contribution in [0.15, 0.2) is 9.59 Å². The van der Waals surface area contributed by atoms with Crippen LogP contribution < -0.4 is 16.3 Å². The molecule has 1 saturated carbocycles. The lowest BCUT2D eigenvalue weighted by molar-refractivity contribution is 0.201. The average molecular weight is 280 g/mol. The van der Waals surface area contributed by atoms with Gasteiger partial charge in [-0.25, -0.2) is 14.2 Å². The Labute approximate surface area is 119 Å². The van der Waals surface area contributed by atoms with Gasteiger partial charge >= 0.3 is 11.4 Å². The number of hydrogen-bond acceptors (Lipinski definition) is 4. The molecule has 0 radical (unpaired) electrons. The smallest absolute Gasteiger partial charge is 0.348 e. The summed E-state index contributed by atoms with van der Waals surface area (Å²) < 4.78 is 2.79. The van der Waals surface area contributed by atoms with Crippen molar-refractivity contribution in [3.8, 4) is 0 Å². The highest BCUT2D eigenvalue weighted by molar-refractivity contribution is 5.25. The third-order valence-corrected chi connectivity index (χ3v) is 4.53. The van der Waals surface area contributed by atoms with Crippen LogP contribution in [-0.4, -0.2) is 28.2 Å². The summed E-state index contributed by atoms with van der Waals surface area (Å²) in [6.07, 6.45) is 2.81. The molecule has 6 nitrogen and oxygen atoms in total. The lowest BCUT2D eigenvalue weighted by Crippen LogP contribution is -2.46. The van der Waals surface area contributed by atoms with Crippen LogP contribution in [0, 0.1) is 11.8 Å². The molecule has 20 heavy (non-hydrogen) atoms. The number of hydrogen-bond donors (Lipinski definition) is 0. The van der Waals surface area contributed by atoms with Gasteiger partial charge in [0.1, 0.15) is 0 Å². The molecule has 3 unspecified atom stereocenters. The minimum Gasteiger partial charge on any atom is -0.348 e. The number of aromatic nitrogens is 3. The van der Waals surface area contributed by atoms with Crippen molar-refractivity contribution in [2.24, 2.45) is 18.9 Å². The molecule has 6 heteroatoms. The van der Waals surface area contributed by atoms with Crippen LogP contribution >= 0.6 is 0 Å². The second-order valence-corrected chi connectivity index (χ2v) is 6.22. The van der Waals surface area contributed by atoms with Crippen molar-refractivity contribution in [2.45, 2.75) is 39.2 Å². The molecule has 0 aliphatic heterocycles. The van der Waals surface area contributed by atoms with Gasteiger partial charge in [0.15, 0.2) is 0 Å². The molecule has 1 aromatic heterocycles. The van der Waals surface area contributed by atoms with Gasteiger partial charge in [0.05, 0.1) is 0 Å². The molecule has 1 aliphatic carbocycles. The zero-order chi connectivity index (χ0) is 15.0. The van der Waals surface area contributed by atoms with Crippen LogP contribution in [0.2, 0.25) is 0 Å². The lowest BCUT2D eigenvalue weighted by atomic mass is 9.79. The third kappa shape index (κ3) is 2.51. The van der Waals surface area contributed by atoms with E-state index in [2.05, 4.69) is 18.8 Å². The number of anilines is 1. The molecule has 0 bridgehead atoms. The quantitative estimate of drug-likeness (QED) is 0.811. The first-order valence-corrected chi connectivity index (χ1v) is 7.19. The molecular weight excluding hydrogens is 256 g/mol. The highest BCUT2D eigenvalue weighted by Crippen LogP contribution is 2.34. The van der Waals surface area contributed by atoms with E-state index in [0.29, 0.717) is 17.8 Å². The molecule has 1 fully saturated rings. The third-order valence-electron chi connectivity index (χ3n) is 4.53. The fourth-order valence-corrected chi connectivity index (χ4v) is 3.01. The Morgan fingerprint density at radius 3 is 2.35 bits per heavy atom. The fraction of sp³-hybridized carbons (Fsp3) is 0.786. The zero-order valence-corrected chi connectivity index (χ0v) is 13.0. The molecule has 0 aromatic carbocycles. The van der Waals surface area contributed by atoms with Crippen molar-refractivity contribution in [3.05, 3.63) is 21.0 Å². The molecular formula is C14H24N4O2. The van der Waals surface area contributed by atoms with Gasteiger partial charge in [-0.15, -0.1) is 0 Å². The molecule has 0 N–H and O–H groups in total. The van der Waals surface area contributed by atoms with Crippen LogP contribution in [0.4, 0.5) is 5.95 Å². The Kier molecular flexibility index (Phi) is 4.01. The number of nitrogens with zero attached hydrogens (tertiary/aromatic N) is 4. The van der Waals surface area contributed by atoms with E-state index in [1.54, 1.807) is 26.0 Å². The first kappa shape index (κ1) is 14.8. The van der Waals surface area contributed by atoms with Gasteiger partial charge in [0.25, 0.3) is 0 Å². The van der Waals surface area contributed by atoms with Gasteiger partial charge in [0, 0.05) is 27.2 Å². The molecule has 2 rings (SSSR count). The van der Waals surface area contributed by atoms with Gasteiger partial charge in [-0.1, -0.05) is 13.8 Å². The summed E-state index contributed by atoms with van der Waals surface area (Å²) >= 11 is 0. The second-order valence-electron chi connectivity index (χ2n) is 6.22. The van der Waals surface area contributed by atoms with Crippen molar-refractivity contribution in [3.63, 3.8) is 0 Å². The summed E-state index contributed by atoms with van der Waals surface area (Å²) in [5.74, 6) is 1.58. The van der Waals surface area contributed by atoms with E-state index in [0.717, 1.165) is 19.3 Å². The molecule has 1 aromatic rings. The largest absolute Gasteiger partial charge is 0.355 e. The van der Waals surface area contributed by atoms with Crippen molar-refractivity contribution in [1.29, 1.82) is 0 Å². The predicted molar refractivity (Wildman–Crippen MR) is 79.3 cm³/mol. The van der Waals surface area contributed by atoms with E-state index in [4.69, 9.17) is 0 Å². The molecule has 0 amide bonds. The average Bonchev–Trinajstić information content (AvgIpc) is 2.38. The standard InChI is InChI=1S/C14H24N4O2/c1-9-6-7-11(8-10(9)2)18-13(19)15-12(16(3)4)17(5)14(18)20/h9-11H,6-8H2,1-5H3. The Hall–Kier alpha value is -1.59. The summed E-state index contributed by atoms with van der Waals surface area (Å²) in [6.45, 7) is 4.42. The van der Waals surface area contributed by atoms with Crippen LogP contribution in [-0.2, 0) is 7.05 Å². The van der Waals surface area contributed by atoms with Gasteiger partial charge in [0.2, 0.25) is 5.95 Å². The van der Waals surface area contributed by atoms with E-state index in [1.165, 1.54) is 9.13 Å². The first-order chi connectivity index (χ1) is 9.32. The van der Waals surface area contributed by atoms with Crippen molar-refractivity contribution in [2.75, 3.05) is 19.0 Å². The highest BCUT2D eigenvalue weighted by Gasteiger charge is 2.28. The van der Waals surface area contributed by atoms with Crippen LogP contribution in [0.1, 0.15) is 39.2 Å². The van der Waals surface area contributed by atoms with Gasteiger partial charge < -0.3 is 4.90 Å². The van der Waals surface area contributed by atoms with Crippen LogP contribution in [0.5, 0.6) is 0 Å². The first-order valence-electron chi connectivity index (χ1n) is 7.19. The molecule has 0 spiro atoms. The monoisotopic (exact) mass is 280 g/mol. The second kappa shape index (κ2) is 5.42. The van der Waals surface area contributed by atoms with Gasteiger partial charge in [-0.05, 0) is 31.1 Å². The van der Waals surface area contributed by atoms with E-state index in [9.17, 15) is 9.59 Å². The summed E-state index contributed by atoms with van der Waals surface area (Å²) in [5, 5.41) is 0. The normalized spacial score (nSPS) is 26.6. The minimum absolute atomic E-state index is 0.0175. The molecule has 112 valence electrons. The van der Waals surface area contributed by atoms with E-state index in [-0.39, 0.29) is 11.7 Å². The van der Waals surface area contributed by atoms with E-state index in [1.807, 2.05) is 0 Å². The predicted octanol–water partition coefficient (Wildman–Crippen LogP) is 1.01. The lowest BCUT2D eigenvalue weighted by Gasteiger charge is -2.32. The summed E-state index contributed by atoms with van der Waals surface area (Å²) in [5.41, 5.74) is -0.691. The molecule has 1 aliphatic rings. The Balaban J connectivity index is 2.46. The Bertz CT molecular complexity index is 602. The maximum Gasteiger partial charge on any atom is 0.355 e. The van der Waals surface area contributed by atoms with Gasteiger partial charge in [-0.3, -0.25) is 4.57 Å². The van der Waals surface area contributed by atoms with E-state index >= 15 is 0 Å².